The second kappa shape index (κ2) is 9.05. The molecule has 0 aliphatic carbocycles. The average molecular weight is 435 g/mol. The zero-order valence-corrected chi connectivity index (χ0v) is 16.8. The van der Waals surface area contributed by atoms with Crippen molar-refractivity contribution in [2.24, 2.45) is 0 Å². The molecule has 3 N–H and O–H groups in total. The number of nitrogens with zero attached hydrogens (tertiary/aromatic N) is 2. The lowest BCUT2D eigenvalue weighted by atomic mass is 10.2. The Labute approximate surface area is 171 Å². The van der Waals surface area contributed by atoms with E-state index < -0.39 is 33.0 Å². The Kier molecular flexibility index (Phi) is 6.47. The molecule has 1 aliphatic heterocycles. The van der Waals surface area contributed by atoms with Gasteiger partial charge in [-0.15, -0.1) is 0 Å². The number of pyridine rings is 2. The lowest BCUT2D eigenvalue weighted by Crippen LogP contribution is -2.52. The number of hydrogen-bond donors (Lipinski definition) is 3. The minimum absolute atomic E-state index is 0.00687. The van der Waals surface area contributed by atoms with E-state index in [-0.39, 0.29) is 49.6 Å². The normalized spacial score (nSPS) is 15.0. The largest absolute Gasteiger partial charge is 0.351 e. The number of aromatic amines is 2. The molecular weight excluding hydrogens is 414 g/mol. The highest BCUT2D eigenvalue weighted by Gasteiger charge is 2.29. The summed E-state index contributed by atoms with van der Waals surface area (Å²) < 4.78 is 26.3. The number of hydrogen-bond acceptors (Lipinski definition) is 6. The summed E-state index contributed by atoms with van der Waals surface area (Å²) in [7, 11) is -3.67. The Hall–Kier alpha value is -3.25. The van der Waals surface area contributed by atoms with Crippen LogP contribution in [0.2, 0.25) is 0 Å². The quantitative estimate of drug-likeness (QED) is 0.506. The van der Waals surface area contributed by atoms with Crippen molar-refractivity contribution < 1.29 is 18.0 Å². The summed E-state index contributed by atoms with van der Waals surface area (Å²) in [6.45, 7) is 0.320. The third-order valence-electron chi connectivity index (χ3n) is 4.68. The van der Waals surface area contributed by atoms with Gasteiger partial charge in [0.25, 0.3) is 22.9 Å². The molecule has 11 nitrogen and oxygen atoms in total. The summed E-state index contributed by atoms with van der Waals surface area (Å²) in [4.78, 5) is 54.0. The van der Waals surface area contributed by atoms with Crippen molar-refractivity contribution in [1.82, 2.24) is 24.5 Å². The van der Waals surface area contributed by atoms with E-state index in [1.807, 2.05) is 0 Å². The van der Waals surface area contributed by atoms with Gasteiger partial charge in [-0.3, -0.25) is 19.2 Å². The molecule has 3 rings (SSSR count). The molecular formula is C18H21N5O6S. The third-order valence-corrected chi connectivity index (χ3v) is 6.55. The predicted molar refractivity (Wildman–Crippen MR) is 108 cm³/mol. The van der Waals surface area contributed by atoms with Crippen molar-refractivity contribution >= 4 is 21.8 Å². The van der Waals surface area contributed by atoms with E-state index >= 15 is 0 Å². The molecule has 1 saturated heterocycles. The number of aromatic nitrogens is 2. The van der Waals surface area contributed by atoms with Crippen LogP contribution in [0.3, 0.4) is 0 Å². The number of carbonyl (C=O) groups excluding carboxylic acids is 2. The zero-order chi connectivity index (χ0) is 21.7. The van der Waals surface area contributed by atoms with Gasteiger partial charge in [0, 0.05) is 45.1 Å². The van der Waals surface area contributed by atoms with Crippen molar-refractivity contribution in [3.05, 3.63) is 68.5 Å². The lowest BCUT2D eigenvalue weighted by molar-refractivity contribution is 0.0695. The van der Waals surface area contributed by atoms with E-state index in [0.29, 0.717) is 0 Å². The van der Waals surface area contributed by atoms with Gasteiger partial charge < -0.3 is 20.2 Å². The minimum atomic E-state index is -3.67. The predicted octanol–water partition coefficient (Wildman–Crippen LogP) is -1.42. The molecule has 0 bridgehead atoms. The van der Waals surface area contributed by atoms with Gasteiger partial charge in [-0.2, -0.15) is 4.31 Å². The Balaban J connectivity index is 1.52. The molecule has 30 heavy (non-hydrogen) atoms. The summed E-state index contributed by atoms with van der Waals surface area (Å²) in [5.74, 6) is -1.44. The molecule has 3 heterocycles. The summed E-state index contributed by atoms with van der Waals surface area (Å²) in [6, 6.07) is 5.81. The summed E-state index contributed by atoms with van der Waals surface area (Å²) in [6.07, 6.45) is 2.82. The SMILES string of the molecule is O=C(NCCS(=O)(=O)N1CCN(C(=O)c2ccc[nH]c2=O)CC1)c1ccc[nH]c1=O. The second-order valence-corrected chi connectivity index (χ2v) is 8.68. The summed E-state index contributed by atoms with van der Waals surface area (Å²) in [5.41, 5.74) is -1.15. The number of H-pyrrole nitrogens is 2. The van der Waals surface area contributed by atoms with Crippen LogP contribution in [0.1, 0.15) is 20.7 Å². The van der Waals surface area contributed by atoms with Crippen LogP contribution in [0.5, 0.6) is 0 Å². The van der Waals surface area contributed by atoms with E-state index in [4.69, 9.17) is 0 Å². The Morgan fingerprint density at radius 3 is 2.07 bits per heavy atom. The number of carbonyl (C=O) groups is 2. The number of amides is 2. The van der Waals surface area contributed by atoms with Gasteiger partial charge >= 0.3 is 0 Å². The van der Waals surface area contributed by atoms with Gasteiger partial charge in [-0.25, -0.2) is 8.42 Å². The van der Waals surface area contributed by atoms with Crippen LogP contribution in [-0.2, 0) is 10.0 Å². The molecule has 0 atom stereocenters. The molecule has 2 aromatic heterocycles. The molecule has 0 saturated carbocycles. The average Bonchev–Trinajstić information content (AvgIpc) is 2.74. The molecule has 0 radical (unpaired) electrons. The van der Waals surface area contributed by atoms with Crippen LogP contribution >= 0.6 is 0 Å². The molecule has 0 aromatic carbocycles. The molecule has 2 aromatic rings. The Bertz CT molecular complexity index is 1150. The standard InChI is InChI=1S/C18H21N5O6S/c24-15-13(3-1-5-19-15)16(25)21-7-12-30(28,29)23-10-8-22(9-11-23)18(27)14-4-2-6-20-17(14)26/h1-6H,7-12H2,(H,19,24)(H,20,26)(H,21,25). The van der Waals surface area contributed by atoms with Gasteiger partial charge in [-0.1, -0.05) is 0 Å². The van der Waals surface area contributed by atoms with E-state index in [1.165, 1.54) is 39.8 Å². The van der Waals surface area contributed by atoms with Crippen LogP contribution in [0.4, 0.5) is 0 Å². The fraction of sp³-hybridized carbons (Fsp3) is 0.333. The first kappa shape index (κ1) is 21.5. The van der Waals surface area contributed by atoms with Gasteiger partial charge in [0.05, 0.1) is 5.75 Å². The molecule has 0 unspecified atom stereocenters. The van der Waals surface area contributed by atoms with Gasteiger partial charge in [0.1, 0.15) is 11.1 Å². The summed E-state index contributed by atoms with van der Waals surface area (Å²) in [5, 5.41) is 2.42. The first-order valence-corrected chi connectivity index (χ1v) is 10.8. The van der Waals surface area contributed by atoms with Crippen molar-refractivity contribution in [3.63, 3.8) is 0 Å². The Morgan fingerprint density at radius 2 is 1.50 bits per heavy atom. The maximum absolute atomic E-state index is 12.5. The van der Waals surface area contributed by atoms with Crippen molar-refractivity contribution in [1.29, 1.82) is 0 Å². The van der Waals surface area contributed by atoms with Crippen LogP contribution < -0.4 is 16.4 Å². The Morgan fingerprint density at radius 1 is 0.933 bits per heavy atom. The van der Waals surface area contributed by atoms with Crippen molar-refractivity contribution in [2.45, 2.75) is 0 Å². The number of sulfonamides is 1. The van der Waals surface area contributed by atoms with Crippen LogP contribution in [-0.4, -0.2) is 77.9 Å². The van der Waals surface area contributed by atoms with Gasteiger partial charge in [-0.05, 0) is 24.3 Å². The first-order valence-electron chi connectivity index (χ1n) is 9.20. The molecule has 0 spiro atoms. The third kappa shape index (κ3) is 4.83. The summed E-state index contributed by atoms with van der Waals surface area (Å²) >= 11 is 0. The molecule has 12 heteroatoms. The van der Waals surface area contributed by atoms with Crippen molar-refractivity contribution in [3.8, 4) is 0 Å². The number of piperazine rings is 1. The van der Waals surface area contributed by atoms with E-state index in [0.717, 1.165) is 0 Å². The lowest BCUT2D eigenvalue weighted by Gasteiger charge is -2.33. The van der Waals surface area contributed by atoms with E-state index in [2.05, 4.69) is 15.3 Å². The van der Waals surface area contributed by atoms with Crippen molar-refractivity contribution in [2.75, 3.05) is 38.5 Å². The smallest absolute Gasteiger partial charge is 0.260 e. The minimum Gasteiger partial charge on any atom is -0.351 e. The maximum atomic E-state index is 12.5. The monoisotopic (exact) mass is 435 g/mol. The maximum Gasteiger partial charge on any atom is 0.260 e. The van der Waals surface area contributed by atoms with Crippen LogP contribution in [0.15, 0.2) is 46.2 Å². The van der Waals surface area contributed by atoms with Crippen LogP contribution in [0, 0.1) is 0 Å². The van der Waals surface area contributed by atoms with Gasteiger partial charge in [0.15, 0.2) is 0 Å². The molecule has 1 fully saturated rings. The molecule has 2 amide bonds. The van der Waals surface area contributed by atoms with E-state index in [9.17, 15) is 27.6 Å². The van der Waals surface area contributed by atoms with E-state index in [1.54, 1.807) is 6.07 Å². The topological polar surface area (TPSA) is 153 Å². The highest BCUT2D eigenvalue weighted by atomic mass is 32.2. The highest BCUT2D eigenvalue weighted by molar-refractivity contribution is 7.89. The fourth-order valence-corrected chi connectivity index (χ4v) is 4.39. The molecule has 160 valence electrons. The number of nitrogens with one attached hydrogen (secondary N) is 3. The highest BCUT2D eigenvalue weighted by Crippen LogP contribution is 2.10. The second-order valence-electron chi connectivity index (χ2n) is 6.59. The first-order chi connectivity index (χ1) is 14.3. The van der Waals surface area contributed by atoms with Gasteiger partial charge in [0.2, 0.25) is 10.0 Å². The fourth-order valence-electron chi connectivity index (χ4n) is 3.05. The zero-order valence-electron chi connectivity index (χ0n) is 16.0. The number of rotatable bonds is 6. The van der Waals surface area contributed by atoms with Crippen LogP contribution in [0.25, 0.3) is 0 Å². The molecule has 1 aliphatic rings.